The van der Waals surface area contributed by atoms with Crippen molar-refractivity contribution in [1.29, 1.82) is 0 Å². The number of piperidine rings is 1. The first-order chi connectivity index (χ1) is 12.6. The molecule has 0 spiro atoms. The van der Waals surface area contributed by atoms with Gasteiger partial charge < -0.3 is 14.2 Å². The molecule has 0 aromatic carbocycles. The fraction of sp³-hybridized carbons (Fsp3) is 0.556. The van der Waals surface area contributed by atoms with Gasteiger partial charge in [-0.2, -0.15) is 4.98 Å². The predicted molar refractivity (Wildman–Crippen MR) is 98.7 cm³/mol. The standard InChI is InChI=1S/C18H24N4O4/c1-3-8-13(22-9-6-5-7-10-22)21-26-18-19-16(24)15-12(4-2)11-14(23)25-17(15)20-18/h11H,3-10H2,1-2H3,(H,19,20,24). The Labute approximate surface area is 150 Å². The minimum absolute atomic E-state index is 0.0293. The third-order valence-electron chi connectivity index (χ3n) is 4.49. The Balaban J connectivity index is 1.92. The summed E-state index contributed by atoms with van der Waals surface area (Å²) in [6, 6.07) is 1.23. The van der Waals surface area contributed by atoms with E-state index in [2.05, 4.69) is 26.9 Å². The maximum absolute atomic E-state index is 12.4. The highest BCUT2D eigenvalue weighted by molar-refractivity contribution is 5.82. The van der Waals surface area contributed by atoms with Crippen LogP contribution in [0.15, 0.2) is 25.2 Å². The Hall–Kier alpha value is -2.64. The molecule has 1 saturated heterocycles. The first-order valence-corrected chi connectivity index (χ1v) is 9.18. The first kappa shape index (κ1) is 18.2. The summed E-state index contributed by atoms with van der Waals surface area (Å²) in [7, 11) is 0. The molecule has 0 unspecified atom stereocenters. The Morgan fingerprint density at radius 3 is 2.77 bits per heavy atom. The molecule has 3 rings (SSSR count). The van der Waals surface area contributed by atoms with Crippen LogP contribution in [0, 0.1) is 0 Å². The molecule has 2 aromatic rings. The second kappa shape index (κ2) is 8.16. The van der Waals surface area contributed by atoms with E-state index in [0.29, 0.717) is 12.0 Å². The van der Waals surface area contributed by atoms with Gasteiger partial charge in [0.1, 0.15) is 11.2 Å². The van der Waals surface area contributed by atoms with Crippen molar-refractivity contribution in [3.8, 4) is 6.01 Å². The average molecular weight is 360 g/mol. The van der Waals surface area contributed by atoms with E-state index in [4.69, 9.17) is 9.25 Å². The van der Waals surface area contributed by atoms with Crippen LogP contribution < -0.4 is 16.0 Å². The van der Waals surface area contributed by atoms with Crippen molar-refractivity contribution in [2.24, 2.45) is 5.16 Å². The summed E-state index contributed by atoms with van der Waals surface area (Å²) in [6.07, 6.45) is 5.76. The zero-order valence-corrected chi connectivity index (χ0v) is 15.2. The van der Waals surface area contributed by atoms with E-state index in [0.717, 1.165) is 44.6 Å². The molecule has 0 aliphatic carbocycles. The molecule has 8 heteroatoms. The molecule has 0 saturated carbocycles. The van der Waals surface area contributed by atoms with Gasteiger partial charge in [0.2, 0.25) is 5.71 Å². The molecule has 1 aliphatic heterocycles. The van der Waals surface area contributed by atoms with Crippen LogP contribution in [0.4, 0.5) is 0 Å². The number of likely N-dealkylation sites (tertiary alicyclic amines) is 1. The molecule has 1 N–H and O–H groups in total. The van der Waals surface area contributed by atoms with Gasteiger partial charge in [-0.05, 0) is 37.7 Å². The van der Waals surface area contributed by atoms with Crippen molar-refractivity contribution in [1.82, 2.24) is 14.9 Å². The summed E-state index contributed by atoms with van der Waals surface area (Å²) in [5.74, 6) is 0.846. The predicted octanol–water partition coefficient (Wildman–Crippen LogP) is 2.42. The third-order valence-corrected chi connectivity index (χ3v) is 4.49. The van der Waals surface area contributed by atoms with Gasteiger partial charge >= 0.3 is 11.6 Å². The Morgan fingerprint density at radius 1 is 1.31 bits per heavy atom. The van der Waals surface area contributed by atoms with E-state index < -0.39 is 11.2 Å². The maximum Gasteiger partial charge on any atom is 0.337 e. The topological polar surface area (TPSA) is 101 Å². The lowest BCUT2D eigenvalue weighted by Gasteiger charge is -2.29. The molecule has 8 nitrogen and oxygen atoms in total. The molecule has 0 atom stereocenters. The van der Waals surface area contributed by atoms with Crippen LogP contribution in [0.5, 0.6) is 6.01 Å². The lowest BCUT2D eigenvalue weighted by molar-refractivity contribution is 0.278. The van der Waals surface area contributed by atoms with E-state index in [1.807, 2.05) is 6.92 Å². The summed E-state index contributed by atoms with van der Waals surface area (Å²) >= 11 is 0. The number of rotatable bonds is 5. The van der Waals surface area contributed by atoms with Gasteiger partial charge in [-0.1, -0.05) is 19.0 Å². The van der Waals surface area contributed by atoms with E-state index >= 15 is 0 Å². The number of fused-ring (bicyclic) bond motifs is 1. The Bertz CT molecular complexity index is 910. The number of aromatic amines is 1. The number of nitrogens with one attached hydrogen (secondary N) is 1. The van der Waals surface area contributed by atoms with Gasteiger partial charge in [0, 0.05) is 25.6 Å². The van der Waals surface area contributed by atoms with Crippen LogP contribution in [0.3, 0.4) is 0 Å². The third kappa shape index (κ3) is 3.95. The number of aryl methyl sites for hydroxylation is 1. The van der Waals surface area contributed by atoms with Gasteiger partial charge in [0.25, 0.3) is 5.56 Å². The molecule has 1 fully saturated rings. The molecule has 1 aliphatic rings. The molecule has 140 valence electrons. The molecular formula is C18H24N4O4. The largest absolute Gasteiger partial charge is 0.403 e. The van der Waals surface area contributed by atoms with Gasteiger partial charge in [0.15, 0.2) is 0 Å². The maximum atomic E-state index is 12.4. The quantitative estimate of drug-likeness (QED) is 0.499. The SMILES string of the molecule is CCCC(=NOc1nc2oc(=O)cc(CC)c2c(=O)[nH]1)N1CCCCC1. The summed E-state index contributed by atoms with van der Waals surface area (Å²) in [5, 5.41) is 4.48. The van der Waals surface area contributed by atoms with Crippen LogP contribution in [0.25, 0.3) is 11.1 Å². The monoisotopic (exact) mass is 360 g/mol. The zero-order chi connectivity index (χ0) is 18.5. The van der Waals surface area contributed by atoms with Crippen molar-refractivity contribution >= 4 is 16.9 Å². The van der Waals surface area contributed by atoms with E-state index in [1.54, 1.807) is 0 Å². The van der Waals surface area contributed by atoms with E-state index in [9.17, 15) is 9.59 Å². The highest BCUT2D eigenvalue weighted by Crippen LogP contribution is 2.15. The average Bonchev–Trinajstić information content (AvgIpc) is 2.64. The fourth-order valence-electron chi connectivity index (χ4n) is 3.18. The second-order valence-corrected chi connectivity index (χ2v) is 6.39. The van der Waals surface area contributed by atoms with Crippen LogP contribution in [0.2, 0.25) is 0 Å². The number of nitrogens with zero attached hydrogens (tertiary/aromatic N) is 3. The summed E-state index contributed by atoms with van der Waals surface area (Å²) < 4.78 is 5.07. The summed E-state index contributed by atoms with van der Waals surface area (Å²) in [4.78, 5) is 38.3. The lowest BCUT2D eigenvalue weighted by Crippen LogP contribution is -2.36. The number of aromatic nitrogens is 2. The van der Waals surface area contributed by atoms with Gasteiger partial charge in [0.05, 0.1) is 0 Å². The van der Waals surface area contributed by atoms with Crippen LogP contribution >= 0.6 is 0 Å². The number of oxime groups is 1. The summed E-state index contributed by atoms with van der Waals surface area (Å²) in [5.41, 5.74) is -0.379. The van der Waals surface area contributed by atoms with Crippen molar-refractivity contribution < 1.29 is 9.25 Å². The highest BCUT2D eigenvalue weighted by atomic mass is 16.6. The number of hydrogen-bond donors (Lipinski definition) is 1. The Kier molecular flexibility index (Phi) is 5.70. The molecule has 3 heterocycles. The zero-order valence-electron chi connectivity index (χ0n) is 15.2. The lowest BCUT2D eigenvalue weighted by atomic mass is 10.1. The Morgan fingerprint density at radius 2 is 2.08 bits per heavy atom. The minimum atomic E-state index is -0.540. The number of H-pyrrole nitrogens is 1. The molecule has 0 bridgehead atoms. The minimum Gasteiger partial charge on any atom is -0.403 e. The number of amidine groups is 1. The van der Waals surface area contributed by atoms with Crippen molar-refractivity contribution in [2.45, 2.75) is 52.4 Å². The highest BCUT2D eigenvalue weighted by Gasteiger charge is 2.16. The molecule has 0 amide bonds. The van der Waals surface area contributed by atoms with Gasteiger partial charge in [-0.15, -0.1) is 0 Å². The van der Waals surface area contributed by atoms with Gasteiger partial charge in [-0.25, -0.2) is 4.79 Å². The van der Waals surface area contributed by atoms with E-state index in [1.165, 1.54) is 12.5 Å². The molecule has 26 heavy (non-hydrogen) atoms. The van der Waals surface area contributed by atoms with Crippen molar-refractivity contribution in [2.75, 3.05) is 13.1 Å². The fourth-order valence-corrected chi connectivity index (χ4v) is 3.18. The smallest absolute Gasteiger partial charge is 0.337 e. The molecule has 2 aromatic heterocycles. The summed E-state index contributed by atoms with van der Waals surface area (Å²) in [6.45, 7) is 5.85. The van der Waals surface area contributed by atoms with E-state index in [-0.39, 0.29) is 17.1 Å². The van der Waals surface area contributed by atoms with Gasteiger partial charge in [-0.3, -0.25) is 9.78 Å². The van der Waals surface area contributed by atoms with Crippen molar-refractivity contribution in [3.05, 3.63) is 32.4 Å². The first-order valence-electron chi connectivity index (χ1n) is 9.18. The normalized spacial score (nSPS) is 15.5. The van der Waals surface area contributed by atoms with Crippen molar-refractivity contribution in [3.63, 3.8) is 0 Å². The molecule has 0 radical (unpaired) electrons. The van der Waals surface area contributed by atoms with Crippen LogP contribution in [-0.4, -0.2) is 33.8 Å². The van der Waals surface area contributed by atoms with Crippen LogP contribution in [0.1, 0.15) is 51.5 Å². The number of hydrogen-bond acceptors (Lipinski definition) is 6. The second-order valence-electron chi connectivity index (χ2n) is 6.39. The molecular weight excluding hydrogens is 336 g/mol. The van der Waals surface area contributed by atoms with Crippen LogP contribution in [-0.2, 0) is 6.42 Å².